The molecule has 0 amide bonds. The van der Waals surface area contributed by atoms with E-state index in [1.54, 1.807) is 33.5 Å². The van der Waals surface area contributed by atoms with E-state index in [0.717, 1.165) is 48.2 Å². The summed E-state index contributed by atoms with van der Waals surface area (Å²) in [5, 5.41) is 9.01. The number of piperidine rings is 1. The van der Waals surface area contributed by atoms with Gasteiger partial charge in [-0.3, -0.25) is 0 Å². The van der Waals surface area contributed by atoms with E-state index in [1.807, 2.05) is 24.3 Å². The van der Waals surface area contributed by atoms with Gasteiger partial charge in [-0.15, -0.1) is 0 Å². The summed E-state index contributed by atoms with van der Waals surface area (Å²) in [4.78, 5) is 3.77. The Balaban J connectivity index is 1.47. The molecule has 0 unspecified atom stereocenters. The summed E-state index contributed by atoms with van der Waals surface area (Å²) in [6, 6.07) is 19.3. The van der Waals surface area contributed by atoms with Gasteiger partial charge in [0.15, 0.2) is 11.5 Å². The Morgan fingerprint density at radius 1 is 0.811 bits per heavy atom. The molecular weight excluding hydrogens is 469 g/mol. The van der Waals surface area contributed by atoms with Crippen molar-refractivity contribution in [2.45, 2.75) is 36.9 Å². The third-order valence-corrected chi connectivity index (χ3v) is 8.02. The van der Waals surface area contributed by atoms with Gasteiger partial charge in [-0.2, -0.15) is 0 Å². The molecule has 2 aliphatic rings. The standard InChI is InChI=1S/C30H32FN3O3/c1-35-21-9-10-22-23-12-13-32-30(29(23)34-24(22)15-21)16-25(18-4-7-20(31)8-5-18)33-26(17-30)19-6-11-27(36-2)28(14-19)37-3/h4-11,14-15,25-26,32-34H,12-13,16-17H2,1-3H3/t25-,26+,30+/m1/s1. The fourth-order valence-corrected chi connectivity index (χ4v) is 6.23. The summed E-state index contributed by atoms with van der Waals surface area (Å²) in [5.74, 6) is 2.02. The van der Waals surface area contributed by atoms with Crippen LogP contribution in [0.25, 0.3) is 10.9 Å². The number of aromatic amines is 1. The van der Waals surface area contributed by atoms with Crippen molar-refractivity contribution < 1.29 is 18.6 Å². The maximum atomic E-state index is 13.8. The molecule has 0 bridgehead atoms. The molecule has 3 N–H and O–H groups in total. The van der Waals surface area contributed by atoms with Gasteiger partial charge in [0.2, 0.25) is 0 Å². The van der Waals surface area contributed by atoms with E-state index in [2.05, 4.69) is 39.9 Å². The van der Waals surface area contributed by atoms with Crippen molar-refractivity contribution in [3.63, 3.8) is 0 Å². The van der Waals surface area contributed by atoms with Crippen LogP contribution in [0.5, 0.6) is 17.2 Å². The van der Waals surface area contributed by atoms with Crippen LogP contribution in [-0.2, 0) is 12.0 Å². The van der Waals surface area contributed by atoms with Crippen LogP contribution in [0.1, 0.15) is 47.3 Å². The van der Waals surface area contributed by atoms with Crippen molar-refractivity contribution in [1.82, 2.24) is 15.6 Å². The van der Waals surface area contributed by atoms with Crippen molar-refractivity contribution in [2.24, 2.45) is 0 Å². The van der Waals surface area contributed by atoms with Gasteiger partial charge < -0.3 is 29.8 Å². The lowest BCUT2D eigenvalue weighted by Gasteiger charge is -2.48. The van der Waals surface area contributed by atoms with Crippen molar-refractivity contribution in [1.29, 1.82) is 0 Å². The Morgan fingerprint density at radius 3 is 2.27 bits per heavy atom. The molecule has 3 aromatic carbocycles. The number of benzene rings is 3. The van der Waals surface area contributed by atoms with Crippen molar-refractivity contribution >= 4 is 10.9 Å². The van der Waals surface area contributed by atoms with E-state index in [-0.39, 0.29) is 23.4 Å². The van der Waals surface area contributed by atoms with Crippen LogP contribution < -0.4 is 24.8 Å². The summed E-state index contributed by atoms with van der Waals surface area (Å²) >= 11 is 0. The summed E-state index contributed by atoms with van der Waals surface area (Å²) in [5.41, 5.74) is 5.59. The van der Waals surface area contributed by atoms with E-state index >= 15 is 0 Å². The van der Waals surface area contributed by atoms with E-state index in [4.69, 9.17) is 14.2 Å². The quantitative estimate of drug-likeness (QED) is 0.335. The maximum absolute atomic E-state index is 13.8. The highest BCUT2D eigenvalue weighted by atomic mass is 19.1. The predicted octanol–water partition coefficient (Wildman–Crippen LogP) is 5.54. The van der Waals surface area contributed by atoms with Crippen molar-refractivity contribution in [3.8, 4) is 17.2 Å². The van der Waals surface area contributed by atoms with Gasteiger partial charge in [-0.1, -0.05) is 18.2 Å². The largest absolute Gasteiger partial charge is 0.497 e. The Bertz CT molecular complexity index is 1430. The number of nitrogens with one attached hydrogen (secondary N) is 3. The molecular formula is C30H32FN3O3. The number of methoxy groups -OCH3 is 3. The molecule has 6 rings (SSSR count). The average Bonchev–Trinajstić information content (AvgIpc) is 3.32. The number of H-pyrrole nitrogens is 1. The van der Waals surface area contributed by atoms with E-state index in [9.17, 15) is 4.39 Å². The van der Waals surface area contributed by atoms with Crippen LogP contribution in [0.2, 0.25) is 0 Å². The SMILES string of the molecule is COc1ccc2c3c([nH]c2c1)[C@]1(C[C@@H](c2ccc(OC)c(OC)c2)N[C@@H](c2ccc(F)cc2)C1)NCC3. The number of rotatable bonds is 5. The smallest absolute Gasteiger partial charge is 0.161 e. The topological polar surface area (TPSA) is 67.5 Å². The number of hydrogen-bond donors (Lipinski definition) is 3. The number of hydrogen-bond acceptors (Lipinski definition) is 5. The minimum absolute atomic E-state index is 0.0202. The molecule has 192 valence electrons. The van der Waals surface area contributed by atoms with Crippen LogP contribution in [0.3, 0.4) is 0 Å². The Morgan fingerprint density at radius 2 is 1.54 bits per heavy atom. The molecule has 1 fully saturated rings. The Labute approximate surface area is 216 Å². The molecule has 1 spiro atoms. The monoisotopic (exact) mass is 501 g/mol. The van der Waals surface area contributed by atoms with Crippen LogP contribution in [0.15, 0.2) is 60.7 Å². The van der Waals surface area contributed by atoms with Crippen molar-refractivity contribution in [2.75, 3.05) is 27.9 Å². The van der Waals surface area contributed by atoms with E-state index in [1.165, 1.54) is 16.6 Å². The zero-order valence-electron chi connectivity index (χ0n) is 21.4. The molecule has 6 nitrogen and oxygen atoms in total. The first-order chi connectivity index (χ1) is 18.0. The lowest BCUT2D eigenvalue weighted by atomic mass is 9.72. The summed E-state index contributed by atoms with van der Waals surface area (Å²) in [7, 11) is 5.00. The molecule has 1 aromatic heterocycles. The first-order valence-electron chi connectivity index (χ1n) is 12.7. The molecule has 1 saturated heterocycles. The molecule has 0 radical (unpaired) electrons. The van der Waals surface area contributed by atoms with Gasteiger partial charge in [0, 0.05) is 41.3 Å². The lowest BCUT2D eigenvalue weighted by molar-refractivity contribution is 0.152. The zero-order valence-corrected chi connectivity index (χ0v) is 21.4. The van der Waals surface area contributed by atoms with E-state index in [0.29, 0.717) is 11.5 Å². The van der Waals surface area contributed by atoms with Gasteiger partial charge in [-0.05, 0) is 72.4 Å². The molecule has 4 aromatic rings. The van der Waals surface area contributed by atoms with Gasteiger partial charge in [0.1, 0.15) is 11.6 Å². The number of aromatic nitrogens is 1. The number of fused-ring (bicyclic) bond motifs is 4. The first kappa shape index (κ1) is 23.8. The molecule has 0 aliphatic carbocycles. The third-order valence-electron chi connectivity index (χ3n) is 8.02. The second-order valence-corrected chi connectivity index (χ2v) is 10.00. The molecule has 3 heterocycles. The highest BCUT2D eigenvalue weighted by molar-refractivity contribution is 5.86. The molecule has 37 heavy (non-hydrogen) atoms. The third kappa shape index (κ3) is 4.12. The summed E-state index contributed by atoms with van der Waals surface area (Å²) in [6.45, 7) is 0.890. The molecule has 0 saturated carbocycles. The minimum atomic E-state index is -0.290. The normalized spacial score (nSPS) is 23.1. The number of halogens is 1. The van der Waals surface area contributed by atoms with Gasteiger partial charge in [0.05, 0.1) is 26.9 Å². The van der Waals surface area contributed by atoms with E-state index < -0.39 is 0 Å². The zero-order chi connectivity index (χ0) is 25.6. The van der Waals surface area contributed by atoms with Crippen LogP contribution in [0.4, 0.5) is 4.39 Å². The van der Waals surface area contributed by atoms with Gasteiger partial charge in [0.25, 0.3) is 0 Å². The highest BCUT2D eigenvalue weighted by Gasteiger charge is 2.46. The Kier molecular flexibility index (Phi) is 6.05. The second kappa shape index (κ2) is 9.39. The average molecular weight is 502 g/mol. The second-order valence-electron chi connectivity index (χ2n) is 10.00. The summed E-state index contributed by atoms with van der Waals surface area (Å²) in [6.07, 6.45) is 2.63. The minimum Gasteiger partial charge on any atom is -0.497 e. The fraction of sp³-hybridized carbons (Fsp3) is 0.333. The fourth-order valence-electron chi connectivity index (χ4n) is 6.23. The van der Waals surface area contributed by atoms with Gasteiger partial charge in [-0.25, -0.2) is 4.39 Å². The molecule has 7 heteroatoms. The van der Waals surface area contributed by atoms with Crippen LogP contribution >= 0.6 is 0 Å². The molecule has 3 atom stereocenters. The first-order valence-corrected chi connectivity index (χ1v) is 12.7. The van der Waals surface area contributed by atoms with Crippen LogP contribution in [-0.4, -0.2) is 32.9 Å². The summed E-state index contributed by atoms with van der Waals surface area (Å²) < 4.78 is 30.4. The number of ether oxygens (including phenoxy) is 3. The highest BCUT2D eigenvalue weighted by Crippen LogP contribution is 2.48. The lowest BCUT2D eigenvalue weighted by Crippen LogP contribution is -2.55. The van der Waals surface area contributed by atoms with Crippen LogP contribution in [0, 0.1) is 5.82 Å². The Hall–Kier alpha value is -3.55. The van der Waals surface area contributed by atoms with Gasteiger partial charge >= 0.3 is 0 Å². The maximum Gasteiger partial charge on any atom is 0.161 e. The van der Waals surface area contributed by atoms with Crippen molar-refractivity contribution in [3.05, 3.63) is 88.9 Å². The predicted molar refractivity (Wildman–Crippen MR) is 142 cm³/mol. The molecule has 2 aliphatic heterocycles.